The average molecular weight is 252 g/mol. The van der Waals surface area contributed by atoms with Crippen LogP contribution in [-0.4, -0.2) is 5.88 Å². The van der Waals surface area contributed by atoms with Gasteiger partial charge in [-0.05, 0) is 40.6 Å². The highest BCUT2D eigenvalue weighted by Gasteiger charge is 1.98. The molecule has 0 aliphatic heterocycles. The molecule has 0 unspecified atom stereocenters. The van der Waals surface area contributed by atoms with E-state index in [4.69, 9.17) is 11.6 Å². The Labute approximate surface area is 84.0 Å². The molecule has 0 amide bonds. The smallest absolute Gasteiger partial charge is 0.0733 e. The highest BCUT2D eigenvalue weighted by atomic mass is 79.9. The van der Waals surface area contributed by atoms with Crippen molar-refractivity contribution in [3.8, 4) is 0 Å². The van der Waals surface area contributed by atoms with E-state index in [2.05, 4.69) is 28.9 Å². The van der Waals surface area contributed by atoms with Gasteiger partial charge in [0.05, 0.1) is 3.79 Å². The Morgan fingerprint density at radius 1 is 1.73 bits per heavy atom. The summed E-state index contributed by atoms with van der Waals surface area (Å²) in [5, 5.41) is 0. The molecule has 1 rings (SSSR count). The largest absolute Gasteiger partial charge is 0.129 e. The number of hydrogen-bond acceptors (Lipinski definition) is 1. The molecule has 0 radical (unpaired) electrons. The van der Waals surface area contributed by atoms with Crippen LogP contribution in [0.3, 0.4) is 0 Å². The van der Waals surface area contributed by atoms with E-state index in [0.717, 1.165) is 0 Å². The maximum Gasteiger partial charge on any atom is 0.0733 e. The first kappa shape index (κ1) is 9.30. The fourth-order valence-corrected chi connectivity index (χ4v) is 2.32. The molecule has 0 aliphatic carbocycles. The van der Waals surface area contributed by atoms with Gasteiger partial charge in [0.1, 0.15) is 0 Å². The van der Waals surface area contributed by atoms with Gasteiger partial charge in [-0.15, -0.1) is 22.9 Å². The van der Waals surface area contributed by atoms with Crippen LogP contribution in [0.1, 0.15) is 10.4 Å². The third-order valence-electron chi connectivity index (χ3n) is 1.25. The first-order valence-corrected chi connectivity index (χ1v) is 5.37. The van der Waals surface area contributed by atoms with Gasteiger partial charge in [-0.2, -0.15) is 0 Å². The standard InChI is InChI=1S/C8H8BrClS/c1-6-5-7(3-2-4-10)11-8(6)9/h2-3,5H,4H2,1H3. The van der Waals surface area contributed by atoms with Crippen LogP contribution in [0, 0.1) is 6.92 Å². The summed E-state index contributed by atoms with van der Waals surface area (Å²) < 4.78 is 1.20. The minimum absolute atomic E-state index is 0.578. The van der Waals surface area contributed by atoms with E-state index in [1.54, 1.807) is 11.3 Å². The molecule has 0 bridgehead atoms. The van der Waals surface area contributed by atoms with Gasteiger partial charge in [0.2, 0.25) is 0 Å². The Bertz CT molecular complexity index is 246. The topological polar surface area (TPSA) is 0 Å². The molecule has 0 aromatic carbocycles. The minimum Gasteiger partial charge on any atom is -0.129 e. The molecule has 11 heavy (non-hydrogen) atoms. The quantitative estimate of drug-likeness (QED) is 0.695. The summed E-state index contributed by atoms with van der Waals surface area (Å²) in [6.07, 6.45) is 3.98. The lowest BCUT2D eigenvalue weighted by molar-refractivity contribution is 1.52. The van der Waals surface area contributed by atoms with Gasteiger partial charge in [0, 0.05) is 10.8 Å². The molecule has 0 spiro atoms. The van der Waals surface area contributed by atoms with Crippen molar-refractivity contribution in [2.24, 2.45) is 0 Å². The zero-order valence-corrected chi connectivity index (χ0v) is 9.26. The van der Waals surface area contributed by atoms with Gasteiger partial charge in [-0.3, -0.25) is 0 Å². The molecule has 1 aromatic heterocycles. The minimum atomic E-state index is 0.578. The van der Waals surface area contributed by atoms with Crippen molar-refractivity contribution in [2.45, 2.75) is 6.92 Å². The van der Waals surface area contributed by atoms with Gasteiger partial charge in [0.15, 0.2) is 0 Å². The Kier molecular flexibility index (Phi) is 3.63. The maximum absolute atomic E-state index is 5.50. The second-order valence-corrected chi connectivity index (χ2v) is 4.87. The van der Waals surface area contributed by atoms with Crippen LogP contribution in [0.5, 0.6) is 0 Å². The molecule has 1 aromatic rings. The summed E-state index contributed by atoms with van der Waals surface area (Å²) in [5.41, 5.74) is 1.28. The van der Waals surface area contributed by atoms with Crippen LogP contribution in [0.2, 0.25) is 0 Å². The first-order valence-electron chi connectivity index (χ1n) is 3.22. The molecule has 0 fully saturated rings. The van der Waals surface area contributed by atoms with E-state index in [-0.39, 0.29) is 0 Å². The van der Waals surface area contributed by atoms with Gasteiger partial charge >= 0.3 is 0 Å². The molecular formula is C8H8BrClS. The Hall–Kier alpha value is 0.210. The molecule has 0 saturated heterocycles. The number of halogens is 2. The molecule has 3 heteroatoms. The third-order valence-corrected chi connectivity index (χ3v) is 3.53. The summed E-state index contributed by atoms with van der Waals surface area (Å²) in [5.74, 6) is 0.578. The Morgan fingerprint density at radius 2 is 2.45 bits per heavy atom. The van der Waals surface area contributed by atoms with Crippen LogP contribution in [-0.2, 0) is 0 Å². The van der Waals surface area contributed by atoms with Gasteiger partial charge in [-0.1, -0.05) is 6.08 Å². The number of rotatable bonds is 2. The number of allylic oxidation sites excluding steroid dienone is 1. The lowest BCUT2D eigenvalue weighted by Gasteiger charge is -1.78. The highest BCUT2D eigenvalue weighted by Crippen LogP contribution is 2.27. The highest BCUT2D eigenvalue weighted by molar-refractivity contribution is 9.11. The number of aryl methyl sites for hydroxylation is 1. The zero-order valence-electron chi connectivity index (χ0n) is 6.10. The van der Waals surface area contributed by atoms with Crippen molar-refractivity contribution in [2.75, 3.05) is 5.88 Å². The second kappa shape index (κ2) is 4.29. The average Bonchev–Trinajstić information content (AvgIpc) is 2.28. The van der Waals surface area contributed by atoms with Gasteiger partial charge < -0.3 is 0 Å². The van der Waals surface area contributed by atoms with E-state index in [1.807, 2.05) is 12.2 Å². The molecular weight excluding hydrogens is 244 g/mol. The fraction of sp³-hybridized carbons (Fsp3) is 0.250. The lowest BCUT2D eigenvalue weighted by atomic mass is 10.3. The number of alkyl halides is 1. The fourth-order valence-electron chi connectivity index (χ4n) is 0.726. The van der Waals surface area contributed by atoms with Crippen LogP contribution in [0.15, 0.2) is 15.9 Å². The summed E-state index contributed by atoms with van der Waals surface area (Å²) in [6.45, 7) is 2.08. The number of thiophene rings is 1. The van der Waals surface area contributed by atoms with Crippen molar-refractivity contribution >= 4 is 44.9 Å². The molecule has 1 heterocycles. The summed E-state index contributed by atoms with van der Waals surface area (Å²) in [7, 11) is 0. The predicted octanol–water partition coefficient (Wildman–Crippen LogP) is 4.07. The maximum atomic E-state index is 5.50. The van der Waals surface area contributed by atoms with E-state index >= 15 is 0 Å². The summed E-state index contributed by atoms with van der Waals surface area (Å²) in [6, 6.07) is 2.14. The second-order valence-electron chi connectivity index (χ2n) is 2.16. The van der Waals surface area contributed by atoms with Gasteiger partial charge in [-0.25, -0.2) is 0 Å². The molecule has 0 atom stereocenters. The molecule has 0 saturated carbocycles. The van der Waals surface area contributed by atoms with Crippen molar-refractivity contribution in [3.63, 3.8) is 0 Å². The normalized spacial score (nSPS) is 11.2. The van der Waals surface area contributed by atoms with Crippen molar-refractivity contribution in [3.05, 3.63) is 26.4 Å². The van der Waals surface area contributed by atoms with E-state index < -0.39 is 0 Å². The third kappa shape index (κ3) is 2.62. The zero-order chi connectivity index (χ0) is 8.27. The van der Waals surface area contributed by atoms with E-state index in [9.17, 15) is 0 Å². The van der Waals surface area contributed by atoms with E-state index in [0.29, 0.717) is 5.88 Å². The lowest BCUT2D eigenvalue weighted by Crippen LogP contribution is -1.61. The van der Waals surface area contributed by atoms with Gasteiger partial charge in [0.25, 0.3) is 0 Å². The summed E-state index contributed by atoms with van der Waals surface area (Å²) in [4.78, 5) is 1.25. The summed E-state index contributed by atoms with van der Waals surface area (Å²) >= 11 is 10.7. The SMILES string of the molecule is Cc1cc(C=CCCl)sc1Br. The van der Waals surface area contributed by atoms with Crippen LogP contribution in [0.4, 0.5) is 0 Å². The van der Waals surface area contributed by atoms with Crippen molar-refractivity contribution < 1.29 is 0 Å². The Morgan fingerprint density at radius 3 is 2.91 bits per heavy atom. The Balaban J connectivity index is 2.80. The number of hydrogen-bond donors (Lipinski definition) is 0. The molecule has 0 N–H and O–H groups in total. The van der Waals surface area contributed by atoms with Crippen molar-refractivity contribution in [1.29, 1.82) is 0 Å². The first-order chi connectivity index (χ1) is 5.24. The van der Waals surface area contributed by atoms with E-state index in [1.165, 1.54) is 14.2 Å². The van der Waals surface area contributed by atoms with Crippen LogP contribution < -0.4 is 0 Å². The van der Waals surface area contributed by atoms with Crippen LogP contribution in [0.25, 0.3) is 6.08 Å². The monoisotopic (exact) mass is 250 g/mol. The molecule has 0 nitrogen and oxygen atoms in total. The van der Waals surface area contributed by atoms with Crippen LogP contribution >= 0.6 is 38.9 Å². The molecule has 0 aliphatic rings. The van der Waals surface area contributed by atoms with Crippen molar-refractivity contribution in [1.82, 2.24) is 0 Å². The molecule has 60 valence electrons. The predicted molar refractivity (Wildman–Crippen MR) is 56.5 cm³/mol.